The molecule has 0 aromatic carbocycles. The number of imidazole rings is 1. The van der Waals surface area contributed by atoms with Crippen LogP contribution in [0.4, 0.5) is 0 Å². The van der Waals surface area contributed by atoms with Crippen molar-refractivity contribution in [3.8, 4) is 0 Å². The van der Waals surface area contributed by atoms with Crippen LogP contribution in [0, 0.1) is 0 Å². The number of H-pyrrole nitrogens is 2. The Bertz CT molecular complexity index is 440. The molecule has 0 saturated heterocycles. The summed E-state index contributed by atoms with van der Waals surface area (Å²) in [6.45, 7) is 1.99. The second-order valence-electron chi connectivity index (χ2n) is 2.97. The Balaban J connectivity index is 2.41. The molecule has 74 valence electrons. The van der Waals surface area contributed by atoms with Crippen molar-refractivity contribution in [1.29, 1.82) is 0 Å². The molecule has 0 aliphatic rings. The highest BCUT2D eigenvalue weighted by Gasteiger charge is 2.15. The van der Waals surface area contributed by atoms with Gasteiger partial charge in [0.15, 0.2) is 0 Å². The molecule has 2 heterocycles. The van der Waals surface area contributed by atoms with Gasteiger partial charge in [0.05, 0.1) is 6.04 Å². The summed E-state index contributed by atoms with van der Waals surface area (Å²) in [6.07, 6.45) is 5.68. The van der Waals surface area contributed by atoms with E-state index in [1.807, 2.05) is 6.92 Å². The van der Waals surface area contributed by atoms with E-state index in [0.717, 1.165) is 12.2 Å². The van der Waals surface area contributed by atoms with Crippen LogP contribution in [0.1, 0.15) is 25.2 Å². The summed E-state index contributed by atoms with van der Waals surface area (Å²) in [5, 5.41) is 6.05. The predicted molar refractivity (Wildman–Crippen MR) is 49.9 cm³/mol. The van der Waals surface area contributed by atoms with Crippen molar-refractivity contribution in [2.45, 2.75) is 19.4 Å². The van der Waals surface area contributed by atoms with Gasteiger partial charge in [0.1, 0.15) is 12.2 Å². The summed E-state index contributed by atoms with van der Waals surface area (Å²) in [5.74, 6) is 0.774. The minimum absolute atomic E-state index is 0.0729. The van der Waals surface area contributed by atoms with Gasteiger partial charge < -0.3 is 4.98 Å². The van der Waals surface area contributed by atoms with Crippen molar-refractivity contribution in [3.63, 3.8) is 0 Å². The summed E-state index contributed by atoms with van der Waals surface area (Å²) >= 11 is 0. The van der Waals surface area contributed by atoms with Gasteiger partial charge in [-0.2, -0.15) is 5.10 Å². The highest BCUT2D eigenvalue weighted by Crippen LogP contribution is 2.14. The summed E-state index contributed by atoms with van der Waals surface area (Å²) in [6, 6.07) is -0.0729. The van der Waals surface area contributed by atoms with E-state index in [1.54, 1.807) is 12.4 Å². The van der Waals surface area contributed by atoms with Gasteiger partial charge in [-0.25, -0.2) is 14.9 Å². The molecule has 2 aromatic heterocycles. The van der Waals surface area contributed by atoms with Crippen molar-refractivity contribution < 1.29 is 0 Å². The van der Waals surface area contributed by atoms with Crippen LogP contribution in [0.15, 0.2) is 23.5 Å². The number of nitrogens with one attached hydrogen (secondary N) is 2. The van der Waals surface area contributed by atoms with Gasteiger partial charge in [0, 0.05) is 12.4 Å². The van der Waals surface area contributed by atoms with Gasteiger partial charge in [-0.05, 0) is 6.42 Å². The molecular formula is C8H11N5O. The first kappa shape index (κ1) is 8.74. The zero-order valence-corrected chi connectivity index (χ0v) is 7.77. The predicted octanol–water partition coefficient (Wildman–Crippen LogP) is 0.294. The summed E-state index contributed by atoms with van der Waals surface area (Å²) in [7, 11) is 0. The molecule has 2 N–H and O–H groups in total. The van der Waals surface area contributed by atoms with Crippen molar-refractivity contribution in [1.82, 2.24) is 24.7 Å². The topological polar surface area (TPSA) is 79.4 Å². The lowest BCUT2D eigenvalue weighted by Gasteiger charge is -2.11. The van der Waals surface area contributed by atoms with Crippen LogP contribution in [0.5, 0.6) is 0 Å². The van der Waals surface area contributed by atoms with E-state index in [-0.39, 0.29) is 11.7 Å². The van der Waals surface area contributed by atoms with Gasteiger partial charge in [-0.1, -0.05) is 6.92 Å². The number of aromatic nitrogens is 5. The minimum atomic E-state index is -0.215. The molecule has 2 aromatic rings. The van der Waals surface area contributed by atoms with Gasteiger partial charge >= 0.3 is 5.69 Å². The highest BCUT2D eigenvalue weighted by atomic mass is 16.1. The van der Waals surface area contributed by atoms with Crippen molar-refractivity contribution in [2.75, 3.05) is 0 Å². The fourth-order valence-electron chi connectivity index (χ4n) is 1.46. The quantitative estimate of drug-likeness (QED) is 0.735. The molecule has 0 aliphatic carbocycles. The molecule has 14 heavy (non-hydrogen) atoms. The highest BCUT2D eigenvalue weighted by molar-refractivity contribution is 4.97. The van der Waals surface area contributed by atoms with Crippen LogP contribution < -0.4 is 5.69 Å². The molecule has 0 radical (unpaired) electrons. The van der Waals surface area contributed by atoms with E-state index in [9.17, 15) is 4.79 Å². The van der Waals surface area contributed by atoms with Crippen LogP contribution in [0.3, 0.4) is 0 Å². The van der Waals surface area contributed by atoms with Gasteiger partial charge in [0.25, 0.3) is 0 Å². The fourth-order valence-corrected chi connectivity index (χ4v) is 1.46. The van der Waals surface area contributed by atoms with Crippen molar-refractivity contribution >= 4 is 0 Å². The average Bonchev–Trinajstić information content (AvgIpc) is 2.80. The van der Waals surface area contributed by atoms with Crippen LogP contribution in [0.2, 0.25) is 0 Å². The lowest BCUT2D eigenvalue weighted by Crippen LogP contribution is -2.23. The normalized spacial score (nSPS) is 12.9. The molecule has 6 heteroatoms. The van der Waals surface area contributed by atoms with E-state index < -0.39 is 0 Å². The smallest absolute Gasteiger partial charge is 0.343 e. The molecule has 0 fully saturated rings. The number of nitrogens with zero attached hydrogens (tertiary/aromatic N) is 3. The maximum absolute atomic E-state index is 11.3. The second kappa shape index (κ2) is 3.49. The molecule has 2 rings (SSSR count). The average molecular weight is 193 g/mol. The van der Waals surface area contributed by atoms with E-state index in [0.29, 0.717) is 0 Å². The molecule has 1 unspecified atom stereocenters. The SMILES string of the molecule is CCC(c1ncc[nH]1)n1cn[nH]c1=O. The van der Waals surface area contributed by atoms with E-state index >= 15 is 0 Å². The standard InChI is InChI=1S/C8H11N5O/c1-2-6(7-9-3-4-10-7)13-5-11-12-8(13)14/h3-6H,2H2,1H3,(H,9,10)(H,12,14). The molecule has 6 nitrogen and oxygen atoms in total. The zero-order valence-electron chi connectivity index (χ0n) is 7.77. The number of hydrogen-bond donors (Lipinski definition) is 2. The maximum atomic E-state index is 11.3. The Morgan fingerprint density at radius 1 is 1.64 bits per heavy atom. The van der Waals surface area contributed by atoms with E-state index in [4.69, 9.17) is 0 Å². The van der Waals surface area contributed by atoms with E-state index in [2.05, 4.69) is 20.2 Å². The van der Waals surface area contributed by atoms with Crippen LogP contribution in [-0.4, -0.2) is 24.7 Å². The van der Waals surface area contributed by atoms with Crippen molar-refractivity contribution in [3.05, 3.63) is 35.0 Å². The van der Waals surface area contributed by atoms with Crippen LogP contribution in [0.25, 0.3) is 0 Å². The van der Waals surface area contributed by atoms with E-state index in [1.165, 1.54) is 10.9 Å². The summed E-state index contributed by atoms with van der Waals surface area (Å²) in [5.41, 5.74) is -0.215. The van der Waals surface area contributed by atoms with Crippen molar-refractivity contribution in [2.24, 2.45) is 0 Å². The molecule has 0 amide bonds. The molecule has 0 saturated carbocycles. The lowest BCUT2D eigenvalue weighted by atomic mass is 10.2. The monoisotopic (exact) mass is 193 g/mol. The van der Waals surface area contributed by atoms with Gasteiger partial charge in [-0.15, -0.1) is 0 Å². The molecule has 0 bridgehead atoms. The zero-order chi connectivity index (χ0) is 9.97. The molecule has 1 atom stereocenters. The van der Waals surface area contributed by atoms with Crippen LogP contribution in [-0.2, 0) is 0 Å². The maximum Gasteiger partial charge on any atom is 0.343 e. The number of aromatic amines is 2. The Kier molecular flexibility index (Phi) is 2.18. The molecular weight excluding hydrogens is 182 g/mol. The third kappa shape index (κ3) is 1.34. The summed E-state index contributed by atoms with van der Waals surface area (Å²) < 4.78 is 1.53. The second-order valence-corrected chi connectivity index (χ2v) is 2.97. The number of rotatable bonds is 3. The number of hydrogen-bond acceptors (Lipinski definition) is 3. The first-order valence-corrected chi connectivity index (χ1v) is 4.43. The molecule has 0 aliphatic heterocycles. The lowest BCUT2D eigenvalue weighted by molar-refractivity contribution is 0.524. The minimum Gasteiger partial charge on any atom is -0.347 e. The fraction of sp³-hybridized carbons (Fsp3) is 0.375. The van der Waals surface area contributed by atoms with Crippen LogP contribution >= 0.6 is 0 Å². The Hall–Kier alpha value is -1.85. The third-order valence-electron chi connectivity index (χ3n) is 2.13. The van der Waals surface area contributed by atoms with Gasteiger partial charge in [0.2, 0.25) is 0 Å². The largest absolute Gasteiger partial charge is 0.347 e. The Labute approximate surface area is 80.0 Å². The Morgan fingerprint density at radius 2 is 2.50 bits per heavy atom. The molecule has 0 spiro atoms. The summed E-state index contributed by atoms with van der Waals surface area (Å²) in [4.78, 5) is 18.4. The third-order valence-corrected chi connectivity index (χ3v) is 2.13. The van der Waals surface area contributed by atoms with Gasteiger partial charge in [-0.3, -0.25) is 4.57 Å². The Morgan fingerprint density at radius 3 is 3.00 bits per heavy atom. The first-order valence-electron chi connectivity index (χ1n) is 4.43. The first-order chi connectivity index (χ1) is 6.83.